The van der Waals surface area contributed by atoms with Crippen molar-refractivity contribution in [2.75, 3.05) is 13.7 Å². The van der Waals surface area contributed by atoms with Gasteiger partial charge in [-0.25, -0.2) is 0 Å². The van der Waals surface area contributed by atoms with E-state index in [1.807, 2.05) is 37.3 Å². The van der Waals surface area contributed by atoms with Crippen molar-refractivity contribution < 1.29 is 23.9 Å². The molecule has 0 unspecified atom stereocenters. The van der Waals surface area contributed by atoms with Gasteiger partial charge in [0.1, 0.15) is 17.8 Å². The molecule has 4 rings (SSSR count). The smallest absolute Gasteiger partial charge is 0.252 e. The Hall–Kier alpha value is -4.41. The zero-order valence-corrected chi connectivity index (χ0v) is 22.9. The van der Waals surface area contributed by atoms with Crippen LogP contribution in [0.2, 0.25) is 0 Å². The molecule has 212 valence electrons. The summed E-state index contributed by atoms with van der Waals surface area (Å²) in [4.78, 5) is 40.0. The fraction of sp³-hybridized carbons (Fsp3) is 0.414. The van der Waals surface area contributed by atoms with Gasteiger partial charge in [-0.15, -0.1) is 5.10 Å². The van der Waals surface area contributed by atoms with Crippen LogP contribution in [0.1, 0.15) is 54.2 Å². The van der Waals surface area contributed by atoms with E-state index in [9.17, 15) is 14.4 Å². The molecule has 0 fully saturated rings. The number of aryl methyl sites for hydroxylation is 1. The van der Waals surface area contributed by atoms with Gasteiger partial charge in [-0.05, 0) is 30.2 Å². The largest absolute Gasteiger partial charge is 0.493 e. The van der Waals surface area contributed by atoms with E-state index in [0.717, 1.165) is 18.4 Å². The van der Waals surface area contributed by atoms with E-state index in [-0.39, 0.29) is 12.5 Å². The van der Waals surface area contributed by atoms with Gasteiger partial charge in [0.25, 0.3) is 5.91 Å². The van der Waals surface area contributed by atoms with Crippen LogP contribution in [0.25, 0.3) is 0 Å². The zero-order chi connectivity index (χ0) is 28.3. The van der Waals surface area contributed by atoms with Gasteiger partial charge in [0.15, 0.2) is 11.5 Å². The molecule has 11 nitrogen and oxygen atoms in total. The first-order chi connectivity index (χ1) is 19.5. The van der Waals surface area contributed by atoms with Crippen molar-refractivity contribution in [1.82, 2.24) is 30.9 Å². The van der Waals surface area contributed by atoms with Crippen LogP contribution < -0.4 is 25.4 Å². The number of ether oxygens (including phenoxy) is 2. The maximum Gasteiger partial charge on any atom is 0.252 e. The van der Waals surface area contributed by atoms with Crippen LogP contribution in [-0.2, 0) is 29.1 Å². The van der Waals surface area contributed by atoms with Gasteiger partial charge in [-0.1, -0.05) is 55.3 Å². The second-order valence-electron chi connectivity index (χ2n) is 9.68. The molecule has 40 heavy (non-hydrogen) atoms. The number of methoxy groups -OCH3 is 1. The Morgan fingerprint density at radius 2 is 1.88 bits per heavy atom. The van der Waals surface area contributed by atoms with Gasteiger partial charge < -0.3 is 25.4 Å². The number of unbranched alkanes of at least 4 members (excludes halogenated alkanes) is 1. The first-order valence-corrected chi connectivity index (χ1v) is 13.6. The summed E-state index contributed by atoms with van der Waals surface area (Å²) < 4.78 is 13.0. The summed E-state index contributed by atoms with van der Waals surface area (Å²) in [5.74, 6) is -0.260. The molecule has 2 atom stereocenters. The number of fused-ring (bicyclic) bond motifs is 4. The average molecular weight is 549 g/mol. The number of nitrogens with one attached hydrogen (secondary N) is 3. The first-order valence-electron chi connectivity index (χ1n) is 13.6. The third-order valence-electron chi connectivity index (χ3n) is 6.63. The Bertz CT molecular complexity index is 1300. The van der Waals surface area contributed by atoms with Crippen molar-refractivity contribution in [3.05, 3.63) is 71.5 Å². The van der Waals surface area contributed by atoms with Crippen LogP contribution in [-0.4, -0.2) is 58.5 Å². The highest BCUT2D eigenvalue weighted by atomic mass is 16.5. The van der Waals surface area contributed by atoms with Gasteiger partial charge in [0.05, 0.1) is 26.5 Å². The van der Waals surface area contributed by atoms with Gasteiger partial charge in [-0.2, -0.15) is 0 Å². The summed E-state index contributed by atoms with van der Waals surface area (Å²) in [6.45, 7) is 3.08. The number of nitrogens with zero attached hydrogens (tertiary/aromatic N) is 3. The fourth-order valence-electron chi connectivity index (χ4n) is 4.42. The number of hydrogen-bond acceptors (Lipinski definition) is 7. The number of carbonyl (C=O) groups is 3. The third kappa shape index (κ3) is 7.81. The summed E-state index contributed by atoms with van der Waals surface area (Å²) in [6.07, 6.45) is 4.68. The van der Waals surface area contributed by atoms with E-state index in [4.69, 9.17) is 9.47 Å². The van der Waals surface area contributed by atoms with Crippen LogP contribution >= 0.6 is 0 Å². The molecule has 0 spiro atoms. The SMILES string of the molecule is CCCC[C@@H]1NC(=O)c2ccc(OC)c(c2)OCCCn2cc(nn2)CNC(=O)[C@@H](Cc2ccccc2)NC1=O. The van der Waals surface area contributed by atoms with E-state index in [1.54, 1.807) is 29.1 Å². The maximum absolute atomic E-state index is 13.5. The van der Waals surface area contributed by atoms with E-state index in [1.165, 1.54) is 7.11 Å². The topological polar surface area (TPSA) is 136 Å². The van der Waals surface area contributed by atoms with E-state index in [2.05, 4.69) is 26.3 Å². The number of rotatable bonds is 6. The number of benzene rings is 2. The minimum atomic E-state index is -0.853. The molecule has 4 bridgehead atoms. The minimum Gasteiger partial charge on any atom is -0.493 e. The fourth-order valence-corrected chi connectivity index (χ4v) is 4.42. The van der Waals surface area contributed by atoms with E-state index in [0.29, 0.717) is 55.2 Å². The van der Waals surface area contributed by atoms with E-state index < -0.39 is 23.9 Å². The van der Waals surface area contributed by atoms with Gasteiger partial charge in [0, 0.05) is 24.9 Å². The van der Waals surface area contributed by atoms with Crippen molar-refractivity contribution in [3.63, 3.8) is 0 Å². The highest BCUT2D eigenvalue weighted by Gasteiger charge is 2.27. The molecule has 2 heterocycles. The monoisotopic (exact) mass is 548 g/mol. The van der Waals surface area contributed by atoms with E-state index >= 15 is 0 Å². The Morgan fingerprint density at radius 3 is 2.65 bits per heavy atom. The molecule has 0 saturated heterocycles. The van der Waals surface area contributed by atoms with Crippen LogP contribution in [0.4, 0.5) is 0 Å². The second-order valence-corrected chi connectivity index (χ2v) is 9.68. The molecule has 2 aromatic carbocycles. The van der Waals surface area contributed by atoms with Crippen molar-refractivity contribution in [2.45, 2.75) is 64.2 Å². The van der Waals surface area contributed by atoms with Crippen LogP contribution in [0.5, 0.6) is 11.5 Å². The quantitative estimate of drug-likeness (QED) is 0.430. The molecule has 3 N–H and O–H groups in total. The second kappa shape index (κ2) is 14.1. The molecule has 3 aromatic rings. The minimum absolute atomic E-state index is 0.162. The summed E-state index contributed by atoms with van der Waals surface area (Å²) in [6, 6.07) is 12.7. The number of carbonyl (C=O) groups excluding carboxylic acids is 3. The zero-order valence-electron chi connectivity index (χ0n) is 22.9. The molecular formula is C29H36N6O5. The van der Waals surface area contributed by atoms with Crippen molar-refractivity contribution >= 4 is 17.7 Å². The Morgan fingerprint density at radius 1 is 1.05 bits per heavy atom. The molecule has 0 radical (unpaired) electrons. The highest BCUT2D eigenvalue weighted by Crippen LogP contribution is 2.28. The van der Waals surface area contributed by atoms with Gasteiger partial charge in [-0.3, -0.25) is 19.1 Å². The predicted octanol–water partition coefficient (Wildman–Crippen LogP) is 2.40. The third-order valence-corrected chi connectivity index (χ3v) is 6.63. The Labute approximate surface area is 233 Å². The molecule has 1 aromatic heterocycles. The molecule has 0 saturated carbocycles. The van der Waals surface area contributed by atoms with Crippen LogP contribution in [0, 0.1) is 0 Å². The predicted molar refractivity (Wildman–Crippen MR) is 148 cm³/mol. The van der Waals surface area contributed by atoms with Gasteiger partial charge >= 0.3 is 0 Å². The summed E-state index contributed by atoms with van der Waals surface area (Å²) in [5.41, 5.74) is 1.83. The lowest BCUT2D eigenvalue weighted by Crippen LogP contribution is -2.54. The van der Waals surface area contributed by atoms with Crippen molar-refractivity contribution in [3.8, 4) is 11.5 Å². The Kier molecular flexibility index (Phi) is 10.1. The summed E-state index contributed by atoms with van der Waals surface area (Å²) in [7, 11) is 1.53. The lowest BCUT2D eigenvalue weighted by atomic mass is 10.0. The number of hydrogen-bond donors (Lipinski definition) is 3. The standard InChI is InChI=1S/C29H36N6O5/c1-3-4-11-23-29(38)32-24(16-20-9-6-5-7-10-20)28(37)30-18-22-19-35(34-33-22)14-8-15-40-26-17-21(27(36)31-23)12-13-25(26)39-2/h5-7,9-10,12-13,17,19,23-24H,3-4,8,11,14-16,18H2,1-2H3,(H,30,37)(H,31,36)(H,32,38)/t23-,24+/m0/s1. The summed E-state index contributed by atoms with van der Waals surface area (Å²) in [5, 5.41) is 16.9. The molecular weight excluding hydrogens is 512 g/mol. The first kappa shape index (κ1) is 28.6. The number of aromatic nitrogens is 3. The van der Waals surface area contributed by atoms with Crippen LogP contribution in [0.15, 0.2) is 54.7 Å². The molecule has 1 aliphatic heterocycles. The highest BCUT2D eigenvalue weighted by molar-refractivity contribution is 5.98. The van der Waals surface area contributed by atoms with Crippen molar-refractivity contribution in [2.24, 2.45) is 0 Å². The maximum atomic E-state index is 13.5. The Balaban J connectivity index is 1.63. The average Bonchev–Trinajstić information content (AvgIpc) is 3.43. The lowest BCUT2D eigenvalue weighted by Gasteiger charge is -2.23. The molecule has 1 aliphatic rings. The normalized spacial score (nSPS) is 18.7. The number of amides is 3. The lowest BCUT2D eigenvalue weighted by molar-refractivity contribution is -0.130. The molecule has 11 heteroatoms. The molecule has 0 aliphatic carbocycles. The van der Waals surface area contributed by atoms with Crippen LogP contribution in [0.3, 0.4) is 0 Å². The van der Waals surface area contributed by atoms with Crippen molar-refractivity contribution in [1.29, 1.82) is 0 Å². The molecule has 3 amide bonds. The van der Waals surface area contributed by atoms with Gasteiger partial charge in [0.2, 0.25) is 11.8 Å². The summed E-state index contributed by atoms with van der Waals surface area (Å²) >= 11 is 0.